The van der Waals surface area contributed by atoms with Gasteiger partial charge >= 0.3 is 0 Å². The van der Waals surface area contributed by atoms with Crippen molar-refractivity contribution >= 4 is 12.0 Å². The fraction of sp³-hybridized carbons (Fsp3) is 0.391. The molecule has 2 aromatic rings. The van der Waals surface area contributed by atoms with Crippen molar-refractivity contribution in [2.45, 2.75) is 52.5 Å². The quantitative estimate of drug-likeness (QED) is 0.634. The van der Waals surface area contributed by atoms with E-state index >= 15 is 0 Å². The number of hydrogen-bond donors (Lipinski definition) is 1. The zero-order valence-corrected chi connectivity index (χ0v) is 16.3. The SMILES string of the molecule is Cc1cc(/C=C(\C#N)C(=O)N[C@@H]2CCCC[C@H]2C)c(C)n1-c1ccccc1. The lowest BCUT2D eigenvalue weighted by Gasteiger charge is -2.29. The largest absolute Gasteiger partial charge is 0.348 e. The smallest absolute Gasteiger partial charge is 0.262 e. The first kappa shape index (κ1) is 19.0. The van der Waals surface area contributed by atoms with Crippen LogP contribution in [0.15, 0.2) is 42.0 Å². The van der Waals surface area contributed by atoms with Gasteiger partial charge in [-0.05, 0) is 62.4 Å². The van der Waals surface area contributed by atoms with Crippen molar-refractivity contribution in [3.8, 4) is 11.8 Å². The fourth-order valence-electron chi connectivity index (χ4n) is 3.99. The highest BCUT2D eigenvalue weighted by atomic mass is 16.1. The van der Waals surface area contributed by atoms with Gasteiger partial charge in [0.05, 0.1) is 0 Å². The molecule has 4 nitrogen and oxygen atoms in total. The summed E-state index contributed by atoms with van der Waals surface area (Å²) in [5.41, 5.74) is 4.24. The summed E-state index contributed by atoms with van der Waals surface area (Å²) in [5, 5.41) is 12.6. The Morgan fingerprint density at radius 3 is 2.59 bits per heavy atom. The number of para-hydroxylation sites is 1. The number of nitrogens with one attached hydrogen (secondary N) is 1. The Labute approximate surface area is 161 Å². The van der Waals surface area contributed by atoms with Crippen molar-refractivity contribution in [3.63, 3.8) is 0 Å². The Morgan fingerprint density at radius 1 is 1.22 bits per heavy atom. The van der Waals surface area contributed by atoms with Crippen LogP contribution in [0, 0.1) is 31.1 Å². The van der Waals surface area contributed by atoms with E-state index in [1.54, 1.807) is 6.08 Å². The summed E-state index contributed by atoms with van der Waals surface area (Å²) < 4.78 is 2.14. The molecule has 0 saturated heterocycles. The summed E-state index contributed by atoms with van der Waals surface area (Å²) in [7, 11) is 0. The molecule has 1 heterocycles. The van der Waals surface area contributed by atoms with Crippen LogP contribution in [0.4, 0.5) is 0 Å². The van der Waals surface area contributed by atoms with Crippen LogP contribution in [-0.4, -0.2) is 16.5 Å². The molecule has 2 atom stereocenters. The highest BCUT2D eigenvalue weighted by Crippen LogP contribution is 2.25. The van der Waals surface area contributed by atoms with Gasteiger partial charge in [0.1, 0.15) is 11.6 Å². The molecule has 1 saturated carbocycles. The minimum atomic E-state index is -0.263. The van der Waals surface area contributed by atoms with E-state index in [2.05, 4.69) is 35.0 Å². The van der Waals surface area contributed by atoms with Crippen LogP contribution < -0.4 is 5.32 Å². The topological polar surface area (TPSA) is 57.8 Å². The third kappa shape index (κ3) is 4.14. The lowest BCUT2D eigenvalue weighted by Crippen LogP contribution is -2.41. The minimum absolute atomic E-state index is 0.166. The number of carbonyl (C=O) groups is 1. The first-order valence-electron chi connectivity index (χ1n) is 9.68. The number of nitriles is 1. The van der Waals surface area contributed by atoms with E-state index in [1.807, 2.05) is 38.1 Å². The molecule has 0 unspecified atom stereocenters. The summed E-state index contributed by atoms with van der Waals surface area (Å²) in [6.07, 6.45) is 6.20. The second kappa shape index (κ2) is 8.26. The number of carbonyl (C=O) groups excluding carboxylic acids is 1. The molecule has 27 heavy (non-hydrogen) atoms. The summed E-state index contributed by atoms with van der Waals surface area (Å²) in [5.74, 6) is 0.201. The molecule has 1 aromatic carbocycles. The van der Waals surface area contributed by atoms with Gasteiger partial charge in [-0.3, -0.25) is 4.79 Å². The van der Waals surface area contributed by atoms with Gasteiger partial charge in [-0.25, -0.2) is 0 Å². The van der Waals surface area contributed by atoms with Gasteiger partial charge in [0, 0.05) is 23.1 Å². The standard InChI is InChI=1S/C23H27N3O/c1-16-9-7-8-12-22(16)25-23(27)20(15-24)14-19-13-17(2)26(18(19)3)21-10-5-4-6-11-21/h4-6,10-11,13-14,16,22H,7-9,12H2,1-3H3,(H,25,27)/b20-14+/t16-,22-/m1/s1. The number of amides is 1. The molecule has 1 N–H and O–H groups in total. The first-order valence-corrected chi connectivity index (χ1v) is 9.68. The third-order valence-corrected chi connectivity index (χ3v) is 5.58. The molecule has 0 aliphatic heterocycles. The van der Waals surface area contributed by atoms with Gasteiger partial charge in [0.2, 0.25) is 0 Å². The van der Waals surface area contributed by atoms with Crippen molar-refractivity contribution in [2.24, 2.45) is 5.92 Å². The summed E-state index contributed by atoms with van der Waals surface area (Å²) in [4.78, 5) is 12.7. The van der Waals surface area contributed by atoms with Gasteiger partial charge in [0.15, 0.2) is 0 Å². The normalized spacial score (nSPS) is 20.1. The van der Waals surface area contributed by atoms with E-state index in [-0.39, 0.29) is 17.5 Å². The first-order chi connectivity index (χ1) is 13.0. The van der Waals surface area contributed by atoms with E-state index in [4.69, 9.17) is 0 Å². The van der Waals surface area contributed by atoms with Crippen LogP contribution in [-0.2, 0) is 4.79 Å². The average molecular weight is 361 g/mol. The molecule has 0 bridgehead atoms. The second-order valence-electron chi connectivity index (χ2n) is 7.51. The molecule has 1 aliphatic carbocycles. The summed E-state index contributed by atoms with van der Waals surface area (Å²) in [6, 6.07) is 14.4. The molecule has 1 aliphatic rings. The van der Waals surface area contributed by atoms with Crippen LogP contribution in [0.25, 0.3) is 11.8 Å². The third-order valence-electron chi connectivity index (χ3n) is 5.58. The van der Waals surface area contributed by atoms with Crippen LogP contribution >= 0.6 is 0 Å². The molecule has 4 heteroatoms. The van der Waals surface area contributed by atoms with Gasteiger partial charge < -0.3 is 9.88 Å². The molecular formula is C23H27N3O. The second-order valence-corrected chi connectivity index (χ2v) is 7.51. The average Bonchev–Trinajstić information content (AvgIpc) is 2.95. The molecule has 1 aromatic heterocycles. The number of hydrogen-bond acceptors (Lipinski definition) is 2. The molecule has 1 fully saturated rings. The number of rotatable bonds is 4. The summed E-state index contributed by atoms with van der Waals surface area (Å²) >= 11 is 0. The number of benzene rings is 1. The van der Waals surface area contributed by atoms with E-state index in [9.17, 15) is 10.1 Å². The maximum atomic E-state index is 12.7. The van der Waals surface area contributed by atoms with Gasteiger partial charge in [0.25, 0.3) is 5.91 Å². The number of aryl methyl sites for hydroxylation is 1. The zero-order chi connectivity index (χ0) is 19.4. The van der Waals surface area contributed by atoms with Gasteiger partial charge in [-0.15, -0.1) is 0 Å². The Balaban J connectivity index is 1.86. The molecule has 0 spiro atoms. The fourth-order valence-corrected chi connectivity index (χ4v) is 3.99. The Kier molecular flexibility index (Phi) is 5.81. The van der Waals surface area contributed by atoms with E-state index < -0.39 is 0 Å². The van der Waals surface area contributed by atoms with E-state index in [0.29, 0.717) is 5.92 Å². The van der Waals surface area contributed by atoms with Crippen LogP contribution in [0.3, 0.4) is 0 Å². The van der Waals surface area contributed by atoms with Crippen LogP contribution in [0.5, 0.6) is 0 Å². The van der Waals surface area contributed by atoms with Crippen LogP contribution in [0.1, 0.15) is 49.6 Å². The van der Waals surface area contributed by atoms with Crippen molar-refractivity contribution in [2.75, 3.05) is 0 Å². The molecule has 140 valence electrons. The Bertz CT molecular complexity index is 886. The van der Waals surface area contributed by atoms with Crippen molar-refractivity contribution < 1.29 is 4.79 Å². The Morgan fingerprint density at radius 2 is 1.93 bits per heavy atom. The zero-order valence-electron chi connectivity index (χ0n) is 16.3. The van der Waals surface area contributed by atoms with E-state index in [0.717, 1.165) is 41.9 Å². The van der Waals surface area contributed by atoms with Crippen LogP contribution in [0.2, 0.25) is 0 Å². The van der Waals surface area contributed by atoms with Crippen molar-refractivity contribution in [3.05, 3.63) is 58.9 Å². The predicted octanol–water partition coefficient (Wildman–Crippen LogP) is 4.70. The lowest BCUT2D eigenvalue weighted by atomic mass is 9.86. The molecule has 1 amide bonds. The number of aromatic nitrogens is 1. The summed E-state index contributed by atoms with van der Waals surface area (Å²) in [6.45, 7) is 6.22. The van der Waals surface area contributed by atoms with E-state index in [1.165, 1.54) is 6.42 Å². The van der Waals surface area contributed by atoms with Crippen molar-refractivity contribution in [1.29, 1.82) is 5.26 Å². The Hall–Kier alpha value is -2.80. The lowest BCUT2D eigenvalue weighted by molar-refractivity contribution is -0.118. The monoisotopic (exact) mass is 361 g/mol. The van der Waals surface area contributed by atoms with Gasteiger partial charge in [-0.1, -0.05) is 38.0 Å². The predicted molar refractivity (Wildman–Crippen MR) is 108 cm³/mol. The molecule has 0 radical (unpaired) electrons. The molecular weight excluding hydrogens is 334 g/mol. The maximum absolute atomic E-state index is 12.7. The van der Waals surface area contributed by atoms with Crippen molar-refractivity contribution in [1.82, 2.24) is 9.88 Å². The highest BCUT2D eigenvalue weighted by Gasteiger charge is 2.24. The number of nitrogens with zero attached hydrogens (tertiary/aromatic N) is 2. The minimum Gasteiger partial charge on any atom is -0.348 e. The molecule has 3 rings (SSSR count). The highest BCUT2D eigenvalue weighted by molar-refractivity contribution is 6.02. The van der Waals surface area contributed by atoms with Gasteiger partial charge in [-0.2, -0.15) is 5.26 Å². The maximum Gasteiger partial charge on any atom is 0.262 e.